The summed E-state index contributed by atoms with van der Waals surface area (Å²) in [4.78, 5) is 12.7. The highest BCUT2D eigenvalue weighted by atomic mass is 32.2. The lowest BCUT2D eigenvalue weighted by molar-refractivity contribution is -0.00370. The molecule has 1 aliphatic rings. The summed E-state index contributed by atoms with van der Waals surface area (Å²) in [5.74, 6) is -0.325. The minimum absolute atomic E-state index is 0.146. The van der Waals surface area contributed by atoms with Crippen molar-refractivity contribution in [3.05, 3.63) is 12.7 Å². The predicted octanol–water partition coefficient (Wildman–Crippen LogP) is -0.177. The molecule has 4 atom stereocenters. The standard InChI is InChI=1S/C12H16N4O3S/c1-20-12-8-11(13-4-14-12)16(5-15-8)7-2-6(3-17)9(18)10(7)19/h4-7,9-10,17-19H,2-3H2,1H3/t6-,7-,9-,10-/m1/s1. The molecule has 3 rings (SSSR count). The van der Waals surface area contributed by atoms with E-state index >= 15 is 0 Å². The van der Waals surface area contributed by atoms with E-state index in [1.165, 1.54) is 18.1 Å². The molecule has 0 amide bonds. The van der Waals surface area contributed by atoms with E-state index in [9.17, 15) is 15.3 Å². The van der Waals surface area contributed by atoms with Gasteiger partial charge in [0, 0.05) is 12.5 Å². The molecule has 0 aliphatic heterocycles. The van der Waals surface area contributed by atoms with E-state index in [0.29, 0.717) is 17.6 Å². The van der Waals surface area contributed by atoms with Gasteiger partial charge in [0.2, 0.25) is 0 Å². The van der Waals surface area contributed by atoms with Crippen molar-refractivity contribution >= 4 is 22.9 Å². The van der Waals surface area contributed by atoms with Crippen molar-refractivity contribution in [2.24, 2.45) is 5.92 Å². The maximum absolute atomic E-state index is 10.2. The average Bonchev–Trinajstić information content (AvgIpc) is 3.01. The van der Waals surface area contributed by atoms with Crippen molar-refractivity contribution in [3.63, 3.8) is 0 Å². The third-order valence-corrected chi connectivity index (χ3v) is 4.57. The van der Waals surface area contributed by atoms with Crippen molar-refractivity contribution < 1.29 is 15.3 Å². The van der Waals surface area contributed by atoms with Crippen LogP contribution in [0.3, 0.4) is 0 Å². The Morgan fingerprint density at radius 1 is 1.30 bits per heavy atom. The number of aromatic nitrogens is 4. The number of aliphatic hydroxyl groups is 3. The molecule has 0 bridgehead atoms. The third-order valence-electron chi connectivity index (χ3n) is 3.88. The van der Waals surface area contributed by atoms with Crippen molar-refractivity contribution in [2.45, 2.75) is 29.7 Å². The molecule has 3 N–H and O–H groups in total. The van der Waals surface area contributed by atoms with Crippen LogP contribution < -0.4 is 0 Å². The Hall–Kier alpha value is -1.22. The quantitative estimate of drug-likeness (QED) is 0.533. The van der Waals surface area contributed by atoms with Gasteiger partial charge in [-0.05, 0) is 12.7 Å². The van der Waals surface area contributed by atoms with Gasteiger partial charge in [-0.2, -0.15) is 0 Å². The maximum atomic E-state index is 10.2. The Kier molecular flexibility index (Phi) is 3.63. The number of aliphatic hydroxyl groups excluding tert-OH is 3. The van der Waals surface area contributed by atoms with E-state index in [0.717, 1.165) is 5.03 Å². The second-order valence-corrected chi connectivity index (χ2v) is 5.73. The van der Waals surface area contributed by atoms with Gasteiger partial charge < -0.3 is 19.9 Å². The van der Waals surface area contributed by atoms with E-state index < -0.39 is 12.2 Å². The zero-order valence-corrected chi connectivity index (χ0v) is 11.7. The topological polar surface area (TPSA) is 104 Å². The molecule has 2 aromatic heterocycles. The van der Waals surface area contributed by atoms with E-state index in [1.807, 2.05) is 6.26 Å². The third kappa shape index (κ3) is 1.99. The highest BCUT2D eigenvalue weighted by Crippen LogP contribution is 2.37. The first kappa shape index (κ1) is 13.7. The summed E-state index contributed by atoms with van der Waals surface area (Å²) in [6.45, 7) is -0.146. The molecule has 2 aromatic rings. The fourth-order valence-electron chi connectivity index (χ4n) is 2.78. The number of nitrogens with zero attached hydrogens (tertiary/aromatic N) is 4. The Bertz CT molecular complexity index is 620. The zero-order chi connectivity index (χ0) is 14.3. The van der Waals surface area contributed by atoms with Gasteiger partial charge in [-0.3, -0.25) is 0 Å². The molecule has 1 aliphatic carbocycles. The zero-order valence-electron chi connectivity index (χ0n) is 10.9. The van der Waals surface area contributed by atoms with Gasteiger partial charge in [0.1, 0.15) is 23.0 Å². The predicted molar refractivity (Wildman–Crippen MR) is 73.3 cm³/mol. The second-order valence-electron chi connectivity index (χ2n) is 4.93. The molecular weight excluding hydrogens is 280 g/mol. The highest BCUT2D eigenvalue weighted by Gasteiger charge is 2.42. The number of fused-ring (bicyclic) bond motifs is 1. The van der Waals surface area contributed by atoms with Crippen LogP contribution in [0.1, 0.15) is 12.5 Å². The summed E-state index contributed by atoms with van der Waals surface area (Å²) in [6.07, 6.45) is 3.62. The van der Waals surface area contributed by atoms with Gasteiger partial charge in [0.25, 0.3) is 0 Å². The molecule has 0 spiro atoms. The summed E-state index contributed by atoms with van der Waals surface area (Å²) < 4.78 is 1.76. The molecule has 0 unspecified atom stereocenters. The molecule has 0 radical (unpaired) electrons. The summed E-state index contributed by atoms with van der Waals surface area (Å²) >= 11 is 1.48. The van der Waals surface area contributed by atoms with Gasteiger partial charge in [-0.15, -0.1) is 11.8 Å². The minimum atomic E-state index is -0.933. The van der Waals surface area contributed by atoms with Crippen molar-refractivity contribution in [1.82, 2.24) is 19.5 Å². The van der Waals surface area contributed by atoms with Crippen molar-refractivity contribution in [1.29, 1.82) is 0 Å². The van der Waals surface area contributed by atoms with Crippen LogP contribution in [-0.4, -0.2) is 59.9 Å². The van der Waals surface area contributed by atoms with Crippen LogP contribution in [0.4, 0.5) is 0 Å². The molecule has 2 heterocycles. The first-order chi connectivity index (χ1) is 9.67. The Morgan fingerprint density at radius 3 is 2.75 bits per heavy atom. The van der Waals surface area contributed by atoms with Crippen molar-refractivity contribution in [2.75, 3.05) is 12.9 Å². The molecular formula is C12H16N4O3S. The molecule has 0 saturated heterocycles. The molecule has 108 valence electrons. The van der Waals surface area contributed by atoms with Gasteiger partial charge in [-0.25, -0.2) is 15.0 Å². The lowest BCUT2D eigenvalue weighted by Crippen LogP contribution is -2.30. The van der Waals surface area contributed by atoms with E-state index in [1.54, 1.807) is 10.9 Å². The van der Waals surface area contributed by atoms with Crippen molar-refractivity contribution in [3.8, 4) is 0 Å². The van der Waals surface area contributed by atoms with E-state index in [-0.39, 0.29) is 18.6 Å². The molecule has 20 heavy (non-hydrogen) atoms. The van der Waals surface area contributed by atoms with Gasteiger partial charge in [-0.1, -0.05) is 0 Å². The molecule has 7 nitrogen and oxygen atoms in total. The van der Waals surface area contributed by atoms with Crippen LogP contribution in [0.15, 0.2) is 17.7 Å². The van der Waals surface area contributed by atoms with Crippen LogP contribution in [0.25, 0.3) is 11.2 Å². The first-order valence-electron chi connectivity index (χ1n) is 6.36. The fraction of sp³-hybridized carbons (Fsp3) is 0.583. The van der Waals surface area contributed by atoms with Crippen LogP contribution >= 0.6 is 11.8 Å². The number of thioether (sulfide) groups is 1. The second kappa shape index (κ2) is 5.28. The normalized spacial score (nSPS) is 30.2. The first-order valence-corrected chi connectivity index (χ1v) is 7.58. The summed E-state index contributed by atoms with van der Waals surface area (Å²) in [5.41, 5.74) is 1.33. The van der Waals surface area contributed by atoms with Gasteiger partial charge >= 0.3 is 0 Å². The largest absolute Gasteiger partial charge is 0.396 e. The van der Waals surface area contributed by atoms with Crippen LogP contribution in [-0.2, 0) is 0 Å². The number of rotatable bonds is 3. The van der Waals surface area contributed by atoms with Crippen LogP contribution in [0.2, 0.25) is 0 Å². The minimum Gasteiger partial charge on any atom is -0.396 e. The molecule has 8 heteroatoms. The summed E-state index contributed by atoms with van der Waals surface area (Å²) in [7, 11) is 0. The van der Waals surface area contributed by atoms with Gasteiger partial charge in [0.15, 0.2) is 5.65 Å². The van der Waals surface area contributed by atoms with Crippen LogP contribution in [0.5, 0.6) is 0 Å². The highest BCUT2D eigenvalue weighted by molar-refractivity contribution is 7.98. The number of imidazole rings is 1. The fourth-order valence-corrected chi connectivity index (χ4v) is 3.27. The molecule has 1 saturated carbocycles. The summed E-state index contributed by atoms with van der Waals surface area (Å²) in [6, 6.07) is -0.336. The van der Waals surface area contributed by atoms with E-state index in [2.05, 4.69) is 15.0 Å². The monoisotopic (exact) mass is 296 g/mol. The Balaban J connectivity index is 2.03. The Labute approximate surface area is 119 Å². The van der Waals surface area contributed by atoms with Crippen LogP contribution in [0, 0.1) is 5.92 Å². The smallest absolute Gasteiger partial charge is 0.164 e. The number of hydrogen-bond acceptors (Lipinski definition) is 7. The lowest BCUT2D eigenvalue weighted by Gasteiger charge is -2.18. The lowest BCUT2D eigenvalue weighted by atomic mass is 10.1. The molecule has 0 aromatic carbocycles. The number of hydrogen-bond donors (Lipinski definition) is 3. The summed E-state index contributed by atoms with van der Waals surface area (Å²) in [5, 5.41) is 30.1. The van der Waals surface area contributed by atoms with Gasteiger partial charge in [0.05, 0.1) is 18.5 Å². The average molecular weight is 296 g/mol. The Morgan fingerprint density at radius 2 is 2.10 bits per heavy atom. The maximum Gasteiger partial charge on any atom is 0.164 e. The SMILES string of the molecule is CSc1ncnc2c1ncn2[C@@H]1C[C@H](CO)[C@@H](O)[C@@H]1O. The molecule has 1 fully saturated rings. The van der Waals surface area contributed by atoms with E-state index in [4.69, 9.17) is 0 Å².